The molecule has 0 bridgehead atoms. The van der Waals surface area contributed by atoms with E-state index in [4.69, 9.17) is 34.5 Å². The van der Waals surface area contributed by atoms with Gasteiger partial charge in [-0.1, -0.05) is 203 Å². The Hall–Kier alpha value is -7.76. The highest BCUT2D eigenvalue weighted by atomic mass is 79.9. The van der Waals surface area contributed by atoms with Gasteiger partial charge in [-0.3, -0.25) is 24.8 Å². The van der Waals surface area contributed by atoms with Gasteiger partial charge in [0, 0.05) is 81.3 Å². The fourth-order valence-corrected chi connectivity index (χ4v) is 16.9. The summed E-state index contributed by atoms with van der Waals surface area (Å²) in [5.74, 6) is 4.06. The maximum Gasteiger partial charge on any atom is 0.488 e. The lowest BCUT2D eigenvalue weighted by Gasteiger charge is -2.22. The van der Waals surface area contributed by atoms with Crippen LogP contribution in [0.5, 0.6) is 0 Å². The first-order valence-corrected chi connectivity index (χ1v) is 45.6. The van der Waals surface area contributed by atoms with Crippen LogP contribution in [0.1, 0.15) is 110 Å². The highest BCUT2D eigenvalue weighted by Gasteiger charge is 2.27. The van der Waals surface area contributed by atoms with Gasteiger partial charge in [0.15, 0.2) is 0 Å². The first-order valence-electron chi connectivity index (χ1n) is 35.0. The summed E-state index contributed by atoms with van der Waals surface area (Å²) >= 11 is 8.49. The van der Waals surface area contributed by atoms with E-state index in [1.54, 1.807) is 64.5 Å². The molecule has 9 aromatic heterocycles. The van der Waals surface area contributed by atoms with E-state index in [-0.39, 0.29) is 0 Å². The quantitative estimate of drug-likeness (QED) is 0.0325. The fourth-order valence-electron chi connectivity index (χ4n) is 12.1. The molecule has 0 spiro atoms. The van der Waals surface area contributed by atoms with Crippen LogP contribution < -0.4 is 20.6 Å². The van der Waals surface area contributed by atoms with Gasteiger partial charge in [-0.15, -0.1) is 30.6 Å². The molecule has 0 atom stereocenters. The summed E-state index contributed by atoms with van der Waals surface area (Å²) in [6, 6.07) is 49.6. The van der Waals surface area contributed by atoms with E-state index in [1.165, 1.54) is 77.0 Å². The minimum atomic E-state index is -1.34. The molecule has 3 aliphatic carbocycles. The fraction of sp³-hybridized carbons (Fsp3) is 0.360. The Kier molecular flexibility index (Phi) is 25.3. The van der Waals surface area contributed by atoms with Gasteiger partial charge in [-0.05, 0) is 138 Å². The van der Waals surface area contributed by atoms with Crippen molar-refractivity contribution in [2.24, 2.45) is 0 Å². The minimum Gasteiger partial charge on any atom is -0.423 e. The van der Waals surface area contributed by atoms with Crippen molar-refractivity contribution < 1.29 is 19.5 Å². The molecule has 0 amide bonds. The number of hydrogen-bond donors (Lipinski definition) is 3. The Bertz CT molecular complexity index is 4600. The first-order chi connectivity index (χ1) is 49.0. The van der Waals surface area contributed by atoms with Crippen LogP contribution in [0, 0.1) is 0 Å². The number of halogens is 1. The molecule has 522 valence electrons. The van der Waals surface area contributed by atoms with Gasteiger partial charge >= 0.3 is 7.12 Å². The van der Waals surface area contributed by atoms with Crippen molar-refractivity contribution in [3.05, 3.63) is 184 Å². The van der Waals surface area contributed by atoms with Crippen molar-refractivity contribution in [2.75, 3.05) is 41.8 Å². The molecule has 12 aromatic rings. The second-order valence-electron chi connectivity index (χ2n) is 28.2. The smallest absolute Gasteiger partial charge is 0.423 e. The summed E-state index contributed by atoms with van der Waals surface area (Å²) in [6.07, 6.45) is 20.7. The summed E-state index contributed by atoms with van der Waals surface area (Å²) in [4.78, 5) is 32.3. The monoisotopic (exact) mass is 1500 g/mol. The highest BCUT2D eigenvalue weighted by Crippen LogP contribution is 2.42. The molecular weight excluding hydrogens is 1420 g/mol. The van der Waals surface area contributed by atoms with Crippen LogP contribution in [-0.4, -0.2) is 120 Å². The number of pyridine rings is 6. The van der Waals surface area contributed by atoms with Crippen molar-refractivity contribution in [2.45, 2.75) is 146 Å². The number of rotatable bonds is 22. The Morgan fingerprint density at radius 2 is 0.861 bits per heavy atom. The van der Waals surface area contributed by atoms with E-state index < -0.39 is 23.3 Å². The molecule has 26 heteroatoms. The lowest BCUT2D eigenvalue weighted by atomic mass is 9.81. The summed E-state index contributed by atoms with van der Waals surface area (Å²) in [6.45, 7) is 16.5. The zero-order valence-electron chi connectivity index (χ0n) is 58.2. The highest BCUT2D eigenvalue weighted by molar-refractivity contribution is 9.10. The Morgan fingerprint density at radius 1 is 0.455 bits per heavy atom. The maximum absolute atomic E-state index is 8.58. The van der Waals surface area contributed by atoms with Crippen LogP contribution in [0.25, 0.3) is 55.4 Å². The number of anilines is 6. The Morgan fingerprint density at radius 3 is 1.31 bits per heavy atom. The lowest BCUT2D eigenvalue weighted by Crippen LogP contribution is -2.29. The van der Waals surface area contributed by atoms with E-state index in [0.717, 1.165) is 133 Å². The molecule has 0 aliphatic heterocycles. The Labute approximate surface area is 614 Å². The topological polar surface area (TPSA) is 232 Å². The molecule has 19 nitrogen and oxygen atoms in total. The molecule has 3 aliphatic rings. The van der Waals surface area contributed by atoms with Gasteiger partial charge < -0.3 is 24.8 Å². The van der Waals surface area contributed by atoms with Crippen LogP contribution in [0.4, 0.5) is 32.8 Å². The third-order valence-corrected chi connectivity index (χ3v) is 25.0. The zero-order chi connectivity index (χ0) is 70.1. The molecule has 3 fully saturated rings. The number of hydrogen-bond acceptors (Lipinski definition) is 22. The molecule has 0 saturated heterocycles. The molecule has 0 unspecified atom stereocenters. The summed E-state index contributed by atoms with van der Waals surface area (Å²) in [5.41, 5.74) is 10.1. The van der Waals surface area contributed by atoms with Crippen LogP contribution in [0.15, 0.2) is 169 Å². The normalized spacial score (nSPS) is 14.3. The Balaban J connectivity index is 0.000000135. The molecule has 15 rings (SSSR count). The predicted molar refractivity (Wildman–Crippen MR) is 422 cm³/mol. The second kappa shape index (κ2) is 34.9. The first kappa shape index (κ1) is 73.0. The number of nitrogens with one attached hydrogen (secondary N) is 1. The number of benzene rings is 3. The van der Waals surface area contributed by atoms with Crippen molar-refractivity contribution in [3.8, 4) is 22.3 Å². The van der Waals surface area contributed by atoms with Crippen LogP contribution in [0.2, 0.25) is 51.4 Å². The molecule has 3 aromatic carbocycles. The maximum atomic E-state index is 8.58. The molecule has 0 radical (unpaired) electrons. The molecular formula is C75H87BBrN15O4S3Si2. The van der Waals surface area contributed by atoms with E-state index in [1.807, 2.05) is 102 Å². The summed E-state index contributed by atoms with van der Waals surface area (Å²) in [7, 11) is -3.65. The third-order valence-electron chi connectivity index (χ3n) is 18.0. The number of fused-ring (bicyclic) bond motifs is 3. The third kappa shape index (κ3) is 20.8. The van der Waals surface area contributed by atoms with Gasteiger partial charge in [0.05, 0.1) is 33.1 Å². The van der Waals surface area contributed by atoms with Gasteiger partial charge in [0.1, 0.15) is 45.9 Å². The van der Waals surface area contributed by atoms with Gasteiger partial charge in [-0.2, -0.15) is 0 Å². The van der Waals surface area contributed by atoms with E-state index in [0.29, 0.717) is 36.7 Å². The zero-order valence-corrected chi connectivity index (χ0v) is 64.2. The van der Waals surface area contributed by atoms with Crippen LogP contribution in [-0.2, 0) is 9.47 Å². The van der Waals surface area contributed by atoms with Crippen LogP contribution in [0.3, 0.4) is 0 Å². The molecule has 3 N–H and O–H groups in total. The van der Waals surface area contributed by atoms with Crippen molar-refractivity contribution in [1.82, 2.24) is 60.5 Å². The predicted octanol–water partition coefficient (Wildman–Crippen LogP) is 18.5. The van der Waals surface area contributed by atoms with Gasteiger partial charge in [0.25, 0.3) is 0 Å². The summed E-state index contributed by atoms with van der Waals surface area (Å²) in [5, 5.41) is 53.2. The molecule has 3 saturated carbocycles. The van der Waals surface area contributed by atoms with Crippen molar-refractivity contribution >= 4 is 145 Å². The average molecular weight is 1510 g/mol. The largest absolute Gasteiger partial charge is 0.488 e. The number of ether oxygens (including phenoxy) is 2. The summed E-state index contributed by atoms with van der Waals surface area (Å²) < 4.78 is 13.2. The number of aromatic nitrogens is 12. The number of nitrogens with zero attached hydrogens (tertiary/aromatic N) is 14. The van der Waals surface area contributed by atoms with Crippen molar-refractivity contribution in [3.63, 3.8) is 0 Å². The van der Waals surface area contributed by atoms with Crippen molar-refractivity contribution in [1.29, 1.82) is 0 Å². The van der Waals surface area contributed by atoms with E-state index in [9.17, 15) is 0 Å². The molecule has 9 heterocycles. The minimum absolute atomic E-state index is 0.411. The average Bonchev–Trinajstić information content (AvgIpc) is 1.59. The van der Waals surface area contributed by atoms with Gasteiger partial charge in [-0.25, -0.2) is 15.0 Å². The van der Waals surface area contributed by atoms with E-state index >= 15 is 0 Å². The SMILES string of the molecule is C[Si](C)(C)CCOCN(c1ccc2ncc(-c3ccccc3)cc2n1)c1nnc(C2CCCC2)s1.C[Si](C)(C)CCOCN(c1ccc2ncc(Br)cc2n1)c1nnc(C2CCCC2)s1.OB(O)c1ccccc1.c1ccc(-c2cnc3ccc(Nc4nnc(C5CCCC5)s4)nc3c2)cc1. The van der Waals surface area contributed by atoms with E-state index in [2.05, 4.69) is 147 Å². The van der Waals surface area contributed by atoms with Crippen LogP contribution >= 0.6 is 49.9 Å². The standard InChI is InChI=1S/C27H33N5OSSi.C21H28BrN5OSSi.C21H19N5S.C6H7BO2/c1-35(2,3)16-15-33-19-32(27-31-30-26(34-27)21-11-7-8-12-21)25-14-13-23-24(29-25)17-22(18-28-23)20-9-5-4-6-10-20;1-30(2,3)11-10-28-14-27(21-26-25-20(29-21)15-6-4-5-7-15)19-9-8-17-18(24-19)12-16(22)13-23-17;1-2-6-14(7-3-1)16-12-18-17(22-13-16)10-11-19(23-18)24-21-26-25-20(27-21)15-8-4-5-9-15;8-7(9)6-4-2-1-3-5-6/h4-6,9-10,13-14,17-18,21H,7-8,11-12,15-16,19H2,1-3H3;8-9,12-13,15H,4-7,10-11,14H2,1-3H3;1-3,6-7,10-13,15H,4-5,8-9H2,(H,23,24,26);1-5,8-9H. The lowest BCUT2D eigenvalue weighted by molar-refractivity contribution is 0.153. The molecule has 101 heavy (non-hydrogen) atoms. The second-order valence-corrected chi connectivity index (χ2v) is 43.3. The van der Waals surface area contributed by atoms with Gasteiger partial charge in [0.2, 0.25) is 15.4 Å².